The molecule has 0 saturated carbocycles. The maximum atomic E-state index is 11.2. The molecule has 0 saturated heterocycles. The van der Waals surface area contributed by atoms with Crippen molar-refractivity contribution in [2.75, 3.05) is 30.5 Å². The lowest BCUT2D eigenvalue weighted by Gasteiger charge is -2.11. The molecule has 0 aliphatic rings. The van der Waals surface area contributed by atoms with Crippen LogP contribution in [0, 0.1) is 6.92 Å². The van der Waals surface area contributed by atoms with Crippen molar-refractivity contribution in [1.82, 2.24) is 9.97 Å². The van der Waals surface area contributed by atoms with E-state index in [1.54, 1.807) is 13.3 Å². The first-order valence-electron chi connectivity index (χ1n) is 5.12. The number of hydrogen-bond acceptors (Lipinski definition) is 5. The molecule has 0 aliphatic carbocycles. The first-order chi connectivity index (χ1) is 7.52. The molecule has 1 aromatic heterocycles. The fraction of sp³-hybridized carbons (Fsp3) is 0.600. The normalized spacial score (nSPS) is 14.2. The number of nitrogens with one attached hydrogen (secondary N) is 2. The second-order valence-electron chi connectivity index (χ2n) is 3.66. The molecule has 90 valence electrons. The van der Waals surface area contributed by atoms with Gasteiger partial charge < -0.3 is 10.6 Å². The minimum absolute atomic E-state index is 0.105. The van der Waals surface area contributed by atoms with Crippen molar-refractivity contribution in [3.63, 3.8) is 0 Å². The van der Waals surface area contributed by atoms with E-state index in [1.165, 1.54) is 0 Å². The van der Waals surface area contributed by atoms with Gasteiger partial charge in [0.25, 0.3) is 0 Å². The lowest BCUT2D eigenvalue weighted by molar-refractivity contribution is 0.679. The standard InChI is InChI=1S/C10H18N4OS/c1-7-5-9(14-10(11-3)13-7)12-6-8(2)16(4)15/h5,8H,6H2,1-4H3,(H2,11,12,13,14). The SMILES string of the molecule is CNc1nc(C)cc(NCC(C)S(C)=O)n1. The van der Waals surface area contributed by atoms with Crippen molar-refractivity contribution < 1.29 is 4.21 Å². The molecular formula is C10H18N4OS. The minimum atomic E-state index is -0.818. The molecule has 2 N–H and O–H groups in total. The van der Waals surface area contributed by atoms with E-state index in [2.05, 4.69) is 20.6 Å². The molecule has 1 rings (SSSR count). The Balaban J connectivity index is 2.66. The Kier molecular flexibility index (Phi) is 4.67. The van der Waals surface area contributed by atoms with Gasteiger partial charge in [0.2, 0.25) is 5.95 Å². The molecule has 1 heterocycles. The van der Waals surface area contributed by atoms with Crippen LogP contribution in [-0.4, -0.2) is 39.3 Å². The van der Waals surface area contributed by atoms with E-state index in [9.17, 15) is 4.21 Å². The first-order valence-corrected chi connectivity index (χ1v) is 6.74. The van der Waals surface area contributed by atoms with Gasteiger partial charge >= 0.3 is 0 Å². The van der Waals surface area contributed by atoms with Gasteiger partial charge in [-0.3, -0.25) is 4.21 Å². The van der Waals surface area contributed by atoms with Crippen molar-refractivity contribution in [1.29, 1.82) is 0 Å². The molecule has 0 radical (unpaired) electrons. The number of anilines is 2. The summed E-state index contributed by atoms with van der Waals surface area (Å²) in [4.78, 5) is 8.44. The van der Waals surface area contributed by atoms with Crippen LogP contribution in [0.25, 0.3) is 0 Å². The highest BCUT2D eigenvalue weighted by molar-refractivity contribution is 7.84. The monoisotopic (exact) mass is 242 g/mol. The Hall–Kier alpha value is -1.17. The Morgan fingerprint density at radius 3 is 2.75 bits per heavy atom. The zero-order valence-electron chi connectivity index (χ0n) is 10.1. The van der Waals surface area contributed by atoms with E-state index < -0.39 is 10.8 Å². The van der Waals surface area contributed by atoms with Gasteiger partial charge in [-0.15, -0.1) is 0 Å². The van der Waals surface area contributed by atoms with Crippen molar-refractivity contribution in [2.24, 2.45) is 0 Å². The molecule has 2 unspecified atom stereocenters. The van der Waals surface area contributed by atoms with Crippen LogP contribution in [0.1, 0.15) is 12.6 Å². The van der Waals surface area contributed by atoms with Gasteiger partial charge in [-0.2, -0.15) is 4.98 Å². The van der Waals surface area contributed by atoms with E-state index in [4.69, 9.17) is 0 Å². The van der Waals surface area contributed by atoms with Crippen LogP contribution < -0.4 is 10.6 Å². The van der Waals surface area contributed by atoms with Crippen molar-refractivity contribution in [3.05, 3.63) is 11.8 Å². The van der Waals surface area contributed by atoms with Gasteiger partial charge in [0.05, 0.1) is 0 Å². The number of aryl methyl sites for hydroxylation is 1. The predicted molar refractivity (Wildman–Crippen MR) is 68.3 cm³/mol. The van der Waals surface area contributed by atoms with E-state index in [1.807, 2.05) is 19.9 Å². The maximum absolute atomic E-state index is 11.2. The smallest absolute Gasteiger partial charge is 0.224 e. The summed E-state index contributed by atoms with van der Waals surface area (Å²) in [6.07, 6.45) is 1.70. The Bertz CT molecular complexity index is 383. The summed E-state index contributed by atoms with van der Waals surface area (Å²) < 4.78 is 11.2. The summed E-state index contributed by atoms with van der Waals surface area (Å²) in [5.41, 5.74) is 0.895. The fourth-order valence-electron chi connectivity index (χ4n) is 1.14. The Morgan fingerprint density at radius 2 is 2.19 bits per heavy atom. The molecule has 6 heteroatoms. The van der Waals surface area contributed by atoms with Crippen LogP contribution in [-0.2, 0) is 10.8 Å². The Labute approximate surface area is 98.5 Å². The topological polar surface area (TPSA) is 66.9 Å². The molecule has 0 aromatic carbocycles. The van der Waals surface area contributed by atoms with E-state index in [0.29, 0.717) is 12.5 Å². The molecule has 16 heavy (non-hydrogen) atoms. The largest absolute Gasteiger partial charge is 0.369 e. The third kappa shape index (κ3) is 3.77. The molecule has 0 bridgehead atoms. The Morgan fingerprint density at radius 1 is 1.50 bits per heavy atom. The van der Waals surface area contributed by atoms with E-state index >= 15 is 0 Å². The molecule has 0 spiro atoms. The second kappa shape index (κ2) is 5.79. The molecule has 5 nitrogen and oxygen atoms in total. The van der Waals surface area contributed by atoms with Crippen molar-refractivity contribution >= 4 is 22.6 Å². The van der Waals surface area contributed by atoms with Crippen LogP contribution in [0.15, 0.2) is 6.07 Å². The zero-order chi connectivity index (χ0) is 12.1. The average Bonchev–Trinajstić information content (AvgIpc) is 2.24. The quantitative estimate of drug-likeness (QED) is 0.806. The summed E-state index contributed by atoms with van der Waals surface area (Å²) in [5, 5.41) is 6.16. The number of hydrogen-bond donors (Lipinski definition) is 2. The van der Waals surface area contributed by atoms with Gasteiger partial charge in [0, 0.05) is 47.7 Å². The van der Waals surface area contributed by atoms with Crippen LogP contribution >= 0.6 is 0 Å². The van der Waals surface area contributed by atoms with Gasteiger partial charge in [0.1, 0.15) is 5.82 Å². The molecule has 2 atom stereocenters. The summed E-state index contributed by atoms with van der Waals surface area (Å²) >= 11 is 0. The number of aromatic nitrogens is 2. The van der Waals surface area contributed by atoms with Crippen LogP contribution in [0.5, 0.6) is 0 Å². The first kappa shape index (κ1) is 12.9. The van der Waals surface area contributed by atoms with Gasteiger partial charge in [-0.25, -0.2) is 4.98 Å². The van der Waals surface area contributed by atoms with Crippen LogP contribution in [0.4, 0.5) is 11.8 Å². The summed E-state index contributed by atoms with van der Waals surface area (Å²) in [6, 6.07) is 1.87. The highest BCUT2D eigenvalue weighted by atomic mass is 32.2. The third-order valence-electron chi connectivity index (χ3n) is 2.22. The molecule has 1 aromatic rings. The predicted octanol–water partition coefficient (Wildman–Crippen LogP) is 1.01. The minimum Gasteiger partial charge on any atom is -0.369 e. The zero-order valence-corrected chi connectivity index (χ0v) is 10.9. The highest BCUT2D eigenvalue weighted by Gasteiger charge is 2.06. The third-order valence-corrected chi connectivity index (χ3v) is 3.52. The second-order valence-corrected chi connectivity index (χ2v) is 5.46. The van der Waals surface area contributed by atoms with Gasteiger partial charge in [0.15, 0.2) is 0 Å². The summed E-state index contributed by atoms with van der Waals surface area (Å²) in [5.74, 6) is 1.35. The summed E-state index contributed by atoms with van der Waals surface area (Å²) in [6.45, 7) is 4.49. The maximum Gasteiger partial charge on any atom is 0.224 e. The number of nitrogens with zero attached hydrogens (tertiary/aromatic N) is 2. The summed E-state index contributed by atoms with van der Waals surface area (Å²) in [7, 11) is 0.962. The van der Waals surface area contributed by atoms with Crippen molar-refractivity contribution in [3.8, 4) is 0 Å². The van der Waals surface area contributed by atoms with Crippen LogP contribution in [0.3, 0.4) is 0 Å². The lowest BCUT2D eigenvalue weighted by Crippen LogP contribution is -2.21. The van der Waals surface area contributed by atoms with Crippen molar-refractivity contribution in [2.45, 2.75) is 19.1 Å². The average molecular weight is 242 g/mol. The highest BCUT2D eigenvalue weighted by Crippen LogP contribution is 2.09. The number of rotatable bonds is 5. The van der Waals surface area contributed by atoms with E-state index in [-0.39, 0.29) is 5.25 Å². The molecule has 0 amide bonds. The molecular weight excluding hydrogens is 224 g/mol. The lowest BCUT2D eigenvalue weighted by atomic mass is 10.4. The van der Waals surface area contributed by atoms with Gasteiger partial charge in [-0.05, 0) is 13.8 Å². The fourth-order valence-corrected chi connectivity index (χ4v) is 1.45. The van der Waals surface area contributed by atoms with Crippen LogP contribution in [0.2, 0.25) is 0 Å². The molecule has 0 fully saturated rings. The van der Waals surface area contributed by atoms with Gasteiger partial charge in [-0.1, -0.05) is 0 Å². The molecule has 0 aliphatic heterocycles. The van der Waals surface area contributed by atoms with E-state index in [0.717, 1.165) is 11.5 Å².